The zero-order valence-corrected chi connectivity index (χ0v) is 13.1. The molecule has 2 heterocycles. The fraction of sp³-hybridized carbons (Fsp3) is 0.588. The van der Waals surface area contributed by atoms with Gasteiger partial charge in [-0.25, -0.2) is 4.79 Å². The van der Waals surface area contributed by atoms with Gasteiger partial charge in [0.25, 0.3) is 0 Å². The van der Waals surface area contributed by atoms with E-state index in [0.717, 1.165) is 56.7 Å². The maximum Gasteiger partial charge on any atom is 0.324 e. The molecule has 1 aromatic carbocycles. The summed E-state index contributed by atoms with van der Waals surface area (Å²) in [6.45, 7) is 7.07. The number of nitrogens with zero attached hydrogens (tertiary/aromatic N) is 2. The molecule has 0 unspecified atom stereocenters. The van der Waals surface area contributed by atoms with Crippen LogP contribution in [-0.2, 0) is 5.41 Å². The predicted molar refractivity (Wildman–Crippen MR) is 86.7 cm³/mol. The Morgan fingerprint density at radius 2 is 1.86 bits per heavy atom. The molecule has 3 rings (SSSR count). The number of rotatable bonds is 0. The molecule has 114 valence electrons. The molecule has 0 bridgehead atoms. The summed E-state index contributed by atoms with van der Waals surface area (Å²) in [7, 11) is 0. The van der Waals surface area contributed by atoms with Gasteiger partial charge in [-0.1, -0.05) is 19.9 Å². The van der Waals surface area contributed by atoms with E-state index in [0.29, 0.717) is 0 Å². The molecule has 2 N–H and O–H groups in total. The number of carbonyl (C=O) groups excluding carboxylic acids is 1. The molecule has 2 amide bonds. The molecule has 0 radical (unpaired) electrons. The Morgan fingerprint density at radius 3 is 2.57 bits per heavy atom. The van der Waals surface area contributed by atoms with Gasteiger partial charge < -0.3 is 10.6 Å². The maximum absolute atomic E-state index is 12.8. The van der Waals surface area contributed by atoms with E-state index >= 15 is 0 Å². The Hall–Kier alpha value is -1.71. The Bertz CT molecular complexity index is 547. The van der Waals surface area contributed by atoms with Gasteiger partial charge in [-0.2, -0.15) is 0 Å². The topological polar surface area (TPSA) is 49.6 Å². The molecule has 0 aliphatic carbocycles. The van der Waals surface area contributed by atoms with Crippen molar-refractivity contribution in [2.24, 2.45) is 0 Å². The second-order valence-electron chi connectivity index (χ2n) is 6.89. The van der Waals surface area contributed by atoms with Crippen molar-refractivity contribution in [3.63, 3.8) is 0 Å². The first-order chi connectivity index (χ1) is 9.99. The fourth-order valence-electron chi connectivity index (χ4n) is 3.56. The quantitative estimate of drug-likeness (QED) is 0.744. The van der Waals surface area contributed by atoms with Gasteiger partial charge in [-0.05, 0) is 48.8 Å². The Labute approximate surface area is 126 Å². The van der Waals surface area contributed by atoms with E-state index in [1.165, 1.54) is 5.56 Å². The average molecular weight is 287 g/mol. The van der Waals surface area contributed by atoms with Gasteiger partial charge in [0.05, 0.1) is 5.69 Å². The van der Waals surface area contributed by atoms with E-state index < -0.39 is 0 Å². The molecule has 1 saturated heterocycles. The van der Waals surface area contributed by atoms with Crippen molar-refractivity contribution in [3.8, 4) is 0 Å². The number of anilines is 2. The largest absolute Gasteiger partial charge is 0.399 e. The number of carbonyl (C=O) groups is 1. The minimum absolute atomic E-state index is 0.0864. The maximum atomic E-state index is 12.8. The van der Waals surface area contributed by atoms with Crippen LogP contribution in [0.2, 0.25) is 0 Å². The van der Waals surface area contributed by atoms with Crippen molar-refractivity contribution in [3.05, 3.63) is 23.8 Å². The van der Waals surface area contributed by atoms with E-state index in [2.05, 4.69) is 19.9 Å². The van der Waals surface area contributed by atoms with Gasteiger partial charge >= 0.3 is 6.03 Å². The Kier molecular flexibility index (Phi) is 3.56. The van der Waals surface area contributed by atoms with Crippen LogP contribution in [-0.4, -0.2) is 30.6 Å². The van der Waals surface area contributed by atoms with Crippen molar-refractivity contribution in [2.75, 3.05) is 30.3 Å². The molecule has 4 heteroatoms. The summed E-state index contributed by atoms with van der Waals surface area (Å²) in [5, 5.41) is 0. The lowest BCUT2D eigenvalue weighted by atomic mass is 9.80. The molecule has 2 aliphatic rings. The van der Waals surface area contributed by atoms with E-state index in [9.17, 15) is 4.79 Å². The number of urea groups is 1. The highest BCUT2D eigenvalue weighted by Crippen LogP contribution is 2.40. The molecule has 1 fully saturated rings. The van der Waals surface area contributed by atoms with Crippen LogP contribution in [0.1, 0.15) is 45.1 Å². The molecule has 1 aromatic rings. The smallest absolute Gasteiger partial charge is 0.324 e. The number of fused-ring (bicyclic) bond motifs is 1. The van der Waals surface area contributed by atoms with Crippen LogP contribution < -0.4 is 10.6 Å². The number of hydrogen-bond donors (Lipinski definition) is 1. The number of likely N-dealkylation sites (tertiary alicyclic amines) is 1. The summed E-state index contributed by atoms with van der Waals surface area (Å²) in [4.78, 5) is 16.8. The lowest BCUT2D eigenvalue weighted by molar-refractivity contribution is 0.215. The highest BCUT2D eigenvalue weighted by atomic mass is 16.2. The number of nitrogen functional groups attached to an aromatic ring is 1. The minimum Gasteiger partial charge on any atom is -0.399 e. The third kappa shape index (κ3) is 2.59. The van der Waals surface area contributed by atoms with Crippen LogP contribution >= 0.6 is 0 Å². The number of benzene rings is 1. The summed E-state index contributed by atoms with van der Waals surface area (Å²) >= 11 is 0. The lowest BCUT2D eigenvalue weighted by Crippen LogP contribution is -2.42. The zero-order valence-electron chi connectivity index (χ0n) is 13.1. The van der Waals surface area contributed by atoms with Crippen molar-refractivity contribution in [1.29, 1.82) is 0 Å². The van der Waals surface area contributed by atoms with Crippen molar-refractivity contribution >= 4 is 17.4 Å². The molecule has 0 atom stereocenters. The molecule has 0 saturated carbocycles. The first kappa shape index (κ1) is 14.2. The minimum atomic E-state index is 0.0864. The van der Waals surface area contributed by atoms with E-state index in [1.54, 1.807) is 0 Å². The number of nitrogens with two attached hydrogens (primary N) is 1. The summed E-state index contributed by atoms with van der Waals surface area (Å²) < 4.78 is 0. The van der Waals surface area contributed by atoms with Crippen LogP contribution in [0.15, 0.2) is 18.2 Å². The fourth-order valence-corrected chi connectivity index (χ4v) is 3.56. The van der Waals surface area contributed by atoms with E-state index in [-0.39, 0.29) is 11.4 Å². The lowest BCUT2D eigenvalue weighted by Gasteiger charge is -2.30. The molecule has 2 aliphatic heterocycles. The van der Waals surface area contributed by atoms with Crippen LogP contribution in [0, 0.1) is 0 Å². The van der Waals surface area contributed by atoms with Crippen molar-refractivity contribution in [1.82, 2.24) is 4.90 Å². The predicted octanol–water partition coefficient (Wildman–Crippen LogP) is 3.36. The highest BCUT2D eigenvalue weighted by Gasteiger charge is 2.33. The van der Waals surface area contributed by atoms with Crippen LogP contribution in [0.5, 0.6) is 0 Å². The summed E-state index contributed by atoms with van der Waals surface area (Å²) in [5.74, 6) is 0. The van der Waals surface area contributed by atoms with Crippen molar-refractivity contribution < 1.29 is 4.79 Å². The van der Waals surface area contributed by atoms with Gasteiger partial charge in [0.2, 0.25) is 0 Å². The third-order valence-corrected chi connectivity index (χ3v) is 4.83. The normalized spacial score (nSPS) is 21.0. The summed E-state index contributed by atoms with van der Waals surface area (Å²) in [6, 6.07) is 6.16. The summed E-state index contributed by atoms with van der Waals surface area (Å²) in [5.41, 5.74) is 9.05. The van der Waals surface area contributed by atoms with Crippen LogP contribution in [0.3, 0.4) is 0 Å². The molecule has 4 nitrogen and oxygen atoms in total. The average Bonchev–Trinajstić information content (AvgIpc) is 2.92. The standard InChI is InChI=1S/C17H25N3O/c1-17(2)8-5-11-20(16(21)19-9-3-4-10-19)15-12-13(18)6-7-14(15)17/h6-7,12H,3-5,8-11,18H2,1-2H3. The van der Waals surface area contributed by atoms with Gasteiger partial charge in [-0.15, -0.1) is 0 Å². The van der Waals surface area contributed by atoms with Crippen LogP contribution in [0.25, 0.3) is 0 Å². The van der Waals surface area contributed by atoms with Gasteiger partial charge in [0.1, 0.15) is 0 Å². The van der Waals surface area contributed by atoms with Gasteiger partial charge in [0.15, 0.2) is 0 Å². The highest BCUT2D eigenvalue weighted by molar-refractivity contribution is 5.94. The Balaban J connectivity index is 2.01. The number of amides is 2. The monoisotopic (exact) mass is 287 g/mol. The zero-order chi connectivity index (χ0) is 15.0. The van der Waals surface area contributed by atoms with E-state index in [1.807, 2.05) is 21.9 Å². The third-order valence-electron chi connectivity index (χ3n) is 4.83. The molecule has 0 spiro atoms. The van der Waals surface area contributed by atoms with Gasteiger partial charge in [0, 0.05) is 25.3 Å². The second-order valence-corrected chi connectivity index (χ2v) is 6.89. The first-order valence-corrected chi connectivity index (χ1v) is 7.95. The van der Waals surface area contributed by atoms with Gasteiger partial charge in [-0.3, -0.25) is 4.90 Å². The molecule has 21 heavy (non-hydrogen) atoms. The molecular formula is C17H25N3O. The van der Waals surface area contributed by atoms with E-state index in [4.69, 9.17) is 5.73 Å². The first-order valence-electron chi connectivity index (χ1n) is 7.95. The summed E-state index contributed by atoms with van der Waals surface area (Å²) in [6.07, 6.45) is 4.36. The Morgan fingerprint density at radius 1 is 1.14 bits per heavy atom. The molecule has 0 aromatic heterocycles. The SMILES string of the molecule is CC1(C)CCCN(C(=O)N2CCCC2)c2cc(N)ccc21. The second kappa shape index (κ2) is 5.24. The molecular weight excluding hydrogens is 262 g/mol. The van der Waals surface area contributed by atoms with Crippen molar-refractivity contribution in [2.45, 2.75) is 44.9 Å². The van der Waals surface area contributed by atoms with Crippen LogP contribution in [0.4, 0.5) is 16.2 Å². The number of hydrogen-bond acceptors (Lipinski definition) is 2.